The molecule has 24 heavy (non-hydrogen) atoms. The van der Waals surface area contributed by atoms with Gasteiger partial charge in [0.25, 0.3) is 0 Å². The highest BCUT2D eigenvalue weighted by molar-refractivity contribution is 7.90. The maximum absolute atomic E-state index is 13.7. The Hall–Kier alpha value is -0.990. The first-order valence-corrected chi connectivity index (χ1v) is 11.1. The minimum atomic E-state index is -2.89. The Kier molecular flexibility index (Phi) is 5.27. The van der Waals surface area contributed by atoms with Crippen LogP contribution in [0.2, 0.25) is 5.15 Å². The van der Waals surface area contributed by atoms with E-state index < -0.39 is 15.7 Å². The van der Waals surface area contributed by atoms with Crippen molar-refractivity contribution >= 4 is 48.1 Å². The normalized spacial score (nSPS) is 22.0. The third-order valence-electron chi connectivity index (χ3n) is 4.40. The lowest BCUT2D eigenvalue weighted by molar-refractivity contribution is 0.330. The maximum atomic E-state index is 13.7. The van der Waals surface area contributed by atoms with Gasteiger partial charge in [-0.05, 0) is 38.0 Å². The molecular formula is C15H19ClFN3O2S2. The SMILES string of the molecule is CS(=O)(=O)CCC1CCC(Nc2nc3c(F)cnc(Cl)c3s2)CC1. The molecule has 2 heterocycles. The van der Waals surface area contributed by atoms with Crippen LogP contribution in [0.5, 0.6) is 0 Å². The quantitative estimate of drug-likeness (QED) is 0.783. The predicted octanol–water partition coefficient (Wildman–Crippen LogP) is 3.89. The van der Waals surface area contributed by atoms with Crippen molar-refractivity contribution in [3.8, 4) is 0 Å². The van der Waals surface area contributed by atoms with Crippen LogP contribution in [0.1, 0.15) is 32.1 Å². The second-order valence-electron chi connectivity index (χ2n) is 6.37. The summed E-state index contributed by atoms with van der Waals surface area (Å²) in [5.41, 5.74) is 0.254. The minimum Gasteiger partial charge on any atom is -0.359 e. The van der Waals surface area contributed by atoms with E-state index in [2.05, 4.69) is 15.3 Å². The van der Waals surface area contributed by atoms with Crippen LogP contribution in [-0.4, -0.2) is 36.4 Å². The molecular weight excluding hydrogens is 373 g/mol. The highest BCUT2D eigenvalue weighted by Crippen LogP contribution is 2.34. The number of aromatic nitrogens is 2. The molecule has 0 atom stereocenters. The molecule has 0 saturated heterocycles. The van der Waals surface area contributed by atoms with Crippen LogP contribution >= 0.6 is 22.9 Å². The monoisotopic (exact) mass is 391 g/mol. The smallest absolute Gasteiger partial charge is 0.184 e. The van der Waals surface area contributed by atoms with E-state index in [0.29, 0.717) is 15.7 Å². The van der Waals surface area contributed by atoms with Crippen LogP contribution in [0.15, 0.2) is 6.20 Å². The summed E-state index contributed by atoms with van der Waals surface area (Å²) in [6.45, 7) is 0. The Morgan fingerprint density at radius 2 is 2.08 bits per heavy atom. The second kappa shape index (κ2) is 7.09. The zero-order valence-corrected chi connectivity index (χ0v) is 15.6. The Labute approximate surface area is 149 Å². The van der Waals surface area contributed by atoms with Gasteiger partial charge in [-0.15, -0.1) is 0 Å². The van der Waals surface area contributed by atoms with Gasteiger partial charge in [-0.1, -0.05) is 22.9 Å². The fourth-order valence-electron chi connectivity index (χ4n) is 3.07. The fraction of sp³-hybridized carbons (Fsp3) is 0.600. The zero-order valence-electron chi connectivity index (χ0n) is 13.3. The van der Waals surface area contributed by atoms with E-state index >= 15 is 0 Å². The molecule has 0 radical (unpaired) electrons. The van der Waals surface area contributed by atoms with Gasteiger partial charge in [0.15, 0.2) is 10.9 Å². The van der Waals surface area contributed by atoms with Gasteiger partial charge in [0.1, 0.15) is 20.5 Å². The molecule has 0 amide bonds. The molecule has 9 heteroatoms. The Morgan fingerprint density at radius 3 is 2.71 bits per heavy atom. The maximum Gasteiger partial charge on any atom is 0.184 e. The van der Waals surface area contributed by atoms with Gasteiger partial charge in [0, 0.05) is 12.3 Å². The first-order chi connectivity index (χ1) is 11.3. The number of hydrogen-bond donors (Lipinski definition) is 1. The molecule has 3 rings (SSSR count). The minimum absolute atomic E-state index is 0.254. The standard InChI is InChI=1S/C15H19ClFN3O2S2/c1-24(21,22)7-6-9-2-4-10(5-3-9)19-15-20-12-11(17)8-18-14(16)13(12)23-15/h8-10H,2-7H2,1H3,(H,19,20). The summed E-state index contributed by atoms with van der Waals surface area (Å²) in [7, 11) is -2.89. The van der Waals surface area contributed by atoms with Crippen LogP contribution in [-0.2, 0) is 9.84 Å². The first kappa shape index (κ1) is 17.8. The van der Waals surface area contributed by atoms with Gasteiger partial charge in [0.2, 0.25) is 0 Å². The van der Waals surface area contributed by atoms with Gasteiger partial charge in [-0.2, -0.15) is 0 Å². The number of thiazole rings is 1. The van der Waals surface area contributed by atoms with Crippen molar-refractivity contribution in [1.82, 2.24) is 9.97 Å². The number of rotatable bonds is 5. The largest absolute Gasteiger partial charge is 0.359 e. The van der Waals surface area contributed by atoms with Crippen molar-refractivity contribution in [3.63, 3.8) is 0 Å². The molecule has 1 saturated carbocycles. The summed E-state index contributed by atoms with van der Waals surface area (Å²) >= 11 is 7.30. The summed E-state index contributed by atoms with van der Waals surface area (Å²) in [5.74, 6) is 0.255. The van der Waals surface area contributed by atoms with Crippen LogP contribution in [0.25, 0.3) is 10.2 Å². The van der Waals surface area contributed by atoms with E-state index in [-0.39, 0.29) is 22.5 Å². The van der Waals surface area contributed by atoms with E-state index in [9.17, 15) is 12.8 Å². The van der Waals surface area contributed by atoms with Crippen molar-refractivity contribution in [3.05, 3.63) is 17.2 Å². The molecule has 132 valence electrons. The van der Waals surface area contributed by atoms with E-state index in [0.717, 1.165) is 38.3 Å². The number of nitrogens with zero attached hydrogens (tertiary/aromatic N) is 2. The van der Waals surface area contributed by atoms with Crippen LogP contribution in [0, 0.1) is 11.7 Å². The third-order valence-corrected chi connectivity index (χ3v) is 6.77. The first-order valence-electron chi connectivity index (χ1n) is 7.86. The molecule has 1 aliphatic rings. The highest BCUT2D eigenvalue weighted by Gasteiger charge is 2.23. The molecule has 1 N–H and O–H groups in total. The van der Waals surface area contributed by atoms with Crippen LogP contribution in [0.3, 0.4) is 0 Å². The molecule has 2 aromatic heterocycles. The summed E-state index contributed by atoms with van der Waals surface area (Å²) in [5, 5.41) is 4.27. The van der Waals surface area contributed by atoms with E-state index in [1.807, 2.05) is 0 Å². The molecule has 0 unspecified atom stereocenters. The highest BCUT2D eigenvalue weighted by atomic mass is 35.5. The number of halogens is 2. The van der Waals surface area contributed by atoms with Gasteiger partial charge >= 0.3 is 0 Å². The predicted molar refractivity (Wildman–Crippen MR) is 96.1 cm³/mol. The van der Waals surface area contributed by atoms with Crippen molar-refractivity contribution in [2.24, 2.45) is 5.92 Å². The second-order valence-corrected chi connectivity index (χ2v) is 9.99. The number of anilines is 1. The third kappa shape index (κ3) is 4.34. The average Bonchev–Trinajstić information content (AvgIpc) is 2.95. The van der Waals surface area contributed by atoms with Gasteiger partial charge < -0.3 is 5.32 Å². The molecule has 5 nitrogen and oxygen atoms in total. The number of fused-ring (bicyclic) bond motifs is 1. The van der Waals surface area contributed by atoms with Crippen molar-refractivity contribution in [1.29, 1.82) is 0 Å². The lowest BCUT2D eigenvalue weighted by atomic mass is 9.84. The number of hydrogen-bond acceptors (Lipinski definition) is 6. The van der Waals surface area contributed by atoms with Gasteiger partial charge in [-0.3, -0.25) is 0 Å². The molecule has 0 bridgehead atoms. The van der Waals surface area contributed by atoms with Crippen LogP contribution in [0.4, 0.5) is 9.52 Å². The summed E-state index contributed by atoms with van der Waals surface area (Å²) in [4.78, 5) is 8.08. The van der Waals surface area contributed by atoms with Gasteiger partial charge in [0.05, 0.1) is 16.6 Å². The average molecular weight is 392 g/mol. The van der Waals surface area contributed by atoms with Crippen molar-refractivity contribution < 1.29 is 12.8 Å². The Balaban J connectivity index is 1.58. The summed E-state index contributed by atoms with van der Waals surface area (Å²) in [6.07, 6.45) is 7.01. The van der Waals surface area contributed by atoms with E-state index in [1.165, 1.54) is 17.6 Å². The topological polar surface area (TPSA) is 72.0 Å². The lowest BCUT2D eigenvalue weighted by Gasteiger charge is -2.28. The van der Waals surface area contributed by atoms with Crippen molar-refractivity contribution in [2.45, 2.75) is 38.1 Å². The number of nitrogens with one attached hydrogen (secondary N) is 1. The molecule has 0 spiro atoms. The molecule has 1 aliphatic carbocycles. The Morgan fingerprint density at radius 1 is 1.38 bits per heavy atom. The van der Waals surface area contributed by atoms with Crippen molar-refractivity contribution in [2.75, 3.05) is 17.3 Å². The zero-order chi connectivity index (χ0) is 17.3. The lowest BCUT2D eigenvalue weighted by Crippen LogP contribution is -2.26. The summed E-state index contributed by atoms with van der Waals surface area (Å²) < 4.78 is 36.8. The number of sulfone groups is 1. The van der Waals surface area contributed by atoms with E-state index in [4.69, 9.17) is 11.6 Å². The Bertz CT molecular complexity index is 794. The summed E-state index contributed by atoms with van der Waals surface area (Å²) in [6, 6.07) is 0.273. The molecule has 1 fully saturated rings. The fourth-order valence-corrected chi connectivity index (χ4v) is 5.02. The molecule has 2 aromatic rings. The number of pyridine rings is 1. The molecule has 0 aromatic carbocycles. The van der Waals surface area contributed by atoms with Crippen LogP contribution < -0.4 is 5.32 Å². The van der Waals surface area contributed by atoms with Gasteiger partial charge in [-0.25, -0.2) is 22.8 Å². The molecule has 0 aliphatic heterocycles. The van der Waals surface area contributed by atoms with E-state index in [1.54, 1.807) is 0 Å².